The van der Waals surface area contributed by atoms with Crippen LogP contribution in [0.15, 0.2) is 47.8 Å². The topological polar surface area (TPSA) is 57.7 Å². The van der Waals surface area contributed by atoms with Gasteiger partial charge in [0.25, 0.3) is 5.91 Å². The first kappa shape index (κ1) is 22.3. The molecular weight excluding hydrogens is 452 g/mol. The molecule has 0 saturated carbocycles. The smallest absolute Gasteiger partial charge is 0.258 e. The van der Waals surface area contributed by atoms with Crippen molar-refractivity contribution in [3.05, 3.63) is 58.4 Å². The molecule has 0 aliphatic carbocycles. The van der Waals surface area contributed by atoms with Gasteiger partial charge in [0.2, 0.25) is 0 Å². The summed E-state index contributed by atoms with van der Waals surface area (Å²) in [6.07, 6.45) is 0. The molecule has 1 unspecified atom stereocenters. The number of amides is 1. The predicted molar refractivity (Wildman–Crippen MR) is 136 cm³/mol. The zero-order valence-corrected chi connectivity index (χ0v) is 20.5. The molecule has 1 saturated heterocycles. The number of benzene rings is 2. The number of thiophene rings is 1. The van der Waals surface area contributed by atoms with Crippen LogP contribution in [0.4, 0.5) is 0 Å². The van der Waals surface area contributed by atoms with E-state index < -0.39 is 0 Å². The van der Waals surface area contributed by atoms with E-state index in [-0.39, 0.29) is 18.6 Å². The van der Waals surface area contributed by atoms with Crippen molar-refractivity contribution in [1.82, 2.24) is 20.1 Å². The molecule has 0 bridgehead atoms. The van der Waals surface area contributed by atoms with Crippen molar-refractivity contribution in [2.45, 2.75) is 13.0 Å². The van der Waals surface area contributed by atoms with Gasteiger partial charge in [-0.15, -0.1) is 22.7 Å². The van der Waals surface area contributed by atoms with Crippen LogP contribution in [0.3, 0.4) is 0 Å². The number of carbonyl (C=O) groups is 1. The average Bonchev–Trinajstić information content (AvgIpc) is 3.45. The molecule has 4 aromatic rings. The number of rotatable bonds is 7. The molecule has 1 aliphatic rings. The quantitative estimate of drug-likeness (QED) is 0.427. The van der Waals surface area contributed by atoms with Crippen molar-refractivity contribution in [3.63, 3.8) is 0 Å². The van der Waals surface area contributed by atoms with Crippen molar-refractivity contribution in [2.24, 2.45) is 0 Å². The molecule has 3 heterocycles. The number of carbonyl (C=O) groups excluding carboxylic acids is 1. The van der Waals surface area contributed by atoms with E-state index in [0.717, 1.165) is 69.3 Å². The molecule has 172 valence electrons. The molecule has 1 fully saturated rings. The van der Waals surface area contributed by atoms with E-state index in [0.29, 0.717) is 0 Å². The van der Waals surface area contributed by atoms with E-state index in [1.807, 2.05) is 42.6 Å². The lowest BCUT2D eigenvalue weighted by Gasteiger charge is -2.35. The molecule has 1 atom stereocenters. The first-order valence-corrected chi connectivity index (χ1v) is 12.9. The highest BCUT2D eigenvalue weighted by molar-refractivity contribution is 7.21. The van der Waals surface area contributed by atoms with Crippen LogP contribution < -0.4 is 10.1 Å². The Hall–Kier alpha value is -2.52. The third kappa shape index (κ3) is 5.04. The summed E-state index contributed by atoms with van der Waals surface area (Å²) in [7, 11) is 2.15. The number of nitrogens with zero attached hydrogens (tertiary/aromatic N) is 3. The van der Waals surface area contributed by atoms with Crippen LogP contribution in [0.25, 0.3) is 20.3 Å². The van der Waals surface area contributed by atoms with Crippen molar-refractivity contribution >= 4 is 48.9 Å². The van der Waals surface area contributed by atoms with E-state index in [4.69, 9.17) is 4.74 Å². The number of likely N-dealkylation sites (N-methyl/N-ethyl adjacent to an activating group) is 1. The van der Waals surface area contributed by atoms with Gasteiger partial charge < -0.3 is 15.0 Å². The summed E-state index contributed by atoms with van der Waals surface area (Å²) in [5.74, 6) is 0.634. The minimum absolute atomic E-state index is 0.0136. The van der Waals surface area contributed by atoms with Gasteiger partial charge in [-0.3, -0.25) is 9.69 Å². The summed E-state index contributed by atoms with van der Waals surface area (Å²) < 4.78 is 8.26. The van der Waals surface area contributed by atoms with Crippen molar-refractivity contribution in [3.8, 4) is 5.75 Å². The first-order chi connectivity index (χ1) is 16.1. The van der Waals surface area contributed by atoms with Crippen molar-refractivity contribution in [2.75, 3.05) is 46.4 Å². The molecule has 2 aromatic heterocycles. The zero-order valence-electron chi connectivity index (χ0n) is 18.9. The van der Waals surface area contributed by atoms with Crippen LogP contribution in [0, 0.1) is 6.92 Å². The first-order valence-electron chi connectivity index (χ1n) is 11.2. The molecule has 8 heteroatoms. The molecule has 6 nitrogen and oxygen atoms in total. The molecule has 1 amide bonds. The Morgan fingerprint density at radius 3 is 2.76 bits per heavy atom. The maximum absolute atomic E-state index is 13.0. The minimum atomic E-state index is -0.109. The van der Waals surface area contributed by atoms with Gasteiger partial charge in [-0.05, 0) is 31.0 Å². The second kappa shape index (κ2) is 9.77. The summed E-state index contributed by atoms with van der Waals surface area (Å²) in [6, 6.07) is 14.2. The van der Waals surface area contributed by atoms with Crippen LogP contribution in [-0.4, -0.2) is 67.1 Å². The Kier molecular flexibility index (Phi) is 6.59. The monoisotopic (exact) mass is 480 g/mol. The SMILES string of the molecule is Cc1nc2c(cc(OCC(=O)NC(CN3CCN(C)CC3)c3ccccc3)c3ccsc32)s1. The third-order valence-electron chi connectivity index (χ3n) is 6.10. The van der Waals surface area contributed by atoms with Gasteiger partial charge >= 0.3 is 0 Å². The van der Waals surface area contributed by atoms with Gasteiger partial charge in [0.05, 0.1) is 26.0 Å². The van der Waals surface area contributed by atoms with E-state index in [9.17, 15) is 4.79 Å². The second-order valence-electron chi connectivity index (χ2n) is 8.54. The van der Waals surface area contributed by atoms with Gasteiger partial charge in [0.15, 0.2) is 6.61 Å². The van der Waals surface area contributed by atoms with Crippen molar-refractivity contribution in [1.29, 1.82) is 0 Å². The molecule has 1 aliphatic heterocycles. The van der Waals surface area contributed by atoms with Crippen LogP contribution >= 0.6 is 22.7 Å². The number of aromatic nitrogens is 1. The lowest BCUT2D eigenvalue weighted by molar-refractivity contribution is -0.124. The maximum Gasteiger partial charge on any atom is 0.258 e. The lowest BCUT2D eigenvalue weighted by Crippen LogP contribution is -2.48. The van der Waals surface area contributed by atoms with Gasteiger partial charge in [0.1, 0.15) is 5.75 Å². The van der Waals surface area contributed by atoms with E-state index in [1.54, 1.807) is 22.7 Å². The summed E-state index contributed by atoms with van der Waals surface area (Å²) in [5, 5.41) is 7.32. The number of thiazole rings is 1. The zero-order chi connectivity index (χ0) is 22.8. The van der Waals surface area contributed by atoms with Gasteiger partial charge in [-0.1, -0.05) is 30.3 Å². The van der Waals surface area contributed by atoms with Crippen LogP contribution in [0.5, 0.6) is 5.75 Å². The lowest BCUT2D eigenvalue weighted by atomic mass is 10.1. The number of nitrogens with one attached hydrogen (secondary N) is 1. The van der Waals surface area contributed by atoms with Crippen molar-refractivity contribution < 1.29 is 9.53 Å². The van der Waals surface area contributed by atoms with Crippen LogP contribution in [0.2, 0.25) is 0 Å². The molecule has 33 heavy (non-hydrogen) atoms. The normalized spacial score (nSPS) is 16.3. The molecule has 1 N–H and O–H groups in total. The van der Waals surface area contributed by atoms with Gasteiger partial charge in [0, 0.05) is 44.2 Å². The number of hydrogen-bond donors (Lipinski definition) is 1. The largest absolute Gasteiger partial charge is 0.483 e. The Bertz CT molecular complexity index is 1250. The number of ether oxygens (including phenoxy) is 1. The summed E-state index contributed by atoms with van der Waals surface area (Å²) >= 11 is 3.31. The van der Waals surface area contributed by atoms with Crippen LogP contribution in [0.1, 0.15) is 16.6 Å². The predicted octanol–water partition coefficient (Wildman–Crippen LogP) is 4.30. The van der Waals surface area contributed by atoms with Gasteiger partial charge in [-0.25, -0.2) is 4.98 Å². The van der Waals surface area contributed by atoms with E-state index >= 15 is 0 Å². The number of aryl methyl sites for hydroxylation is 1. The van der Waals surface area contributed by atoms with E-state index in [2.05, 4.69) is 39.3 Å². The highest BCUT2D eigenvalue weighted by atomic mass is 32.1. The third-order valence-corrected chi connectivity index (χ3v) is 7.94. The fourth-order valence-electron chi connectivity index (χ4n) is 4.29. The average molecular weight is 481 g/mol. The molecule has 0 radical (unpaired) electrons. The fraction of sp³-hybridized carbons (Fsp3) is 0.360. The Morgan fingerprint density at radius 1 is 1.18 bits per heavy atom. The Labute approximate surface area is 201 Å². The summed E-state index contributed by atoms with van der Waals surface area (Å²) in [5.41, 5.74) is 2.14. The highest BCUT2D eigenvalue weighted by Crippen LogP contribution is 2.38. The second-order valence-corrected chi connectivity index (χ2v) is 10.7. The molecule has 5 rings (SSSR count). The van der Waals surface area contributed by atoms with E-state index in [1.165, 1.54) is 0 Å². The number of fused-ring (bicyclic) bond motifs is 3. The van der Waals surface area contributed by atoms with Crippen LogP contribution in [-0.2, 0) is 4.79 Å². The Morgan fingerprint density at radius 2 is 1.97 bits per heavy atom. The molecule has 0 spiro atoms. The molecular formula is C25H28N4O2S2. The highest BCUT2D eigenvalue weighted by Gasteiger charge is 2.22. The summed E-state index contributed by atoms with van der Waals surface area (Å²) in [6.45, 7) is 6.92. The minimum Gasteiger partial charge on any atom is -0.483 e. The van der Waals surface area contributed by atoms with Gasteiger partial charge in [-0.2, -0.15) is 0 Å². The standard InChI is InChI=1S/C25H28N4O2S2/c1-17-26-24-22(33-17)14-21(19-8-13-32-25(19)24)31-16-23(30)27-20(18-6-4-3-5-7-18)15-29-11-9-28(2)10-12-29/h3-8,13-14,20H,9-12,15-16H2,1-2H3,(H,27,30). The number of piperazine rings is 1. The fourth-order valence-corrected chi connectivity index (χ4v) is 6.13. The summed E-state index contributed by atoms with van der Waals surface area (Å²) in [4.78, 5) is 22.4. The molecule has 2 aromatic carbocycles. The number of hydrogen-bond acceptors (Lipinski definition) is 7. The maximum atomic E-state index is 13.0. The Balaban J connectivity index is 1.29.